The van der Waals surface area contributed by atoms with Gasteiger partial charge in [0, 0.05) is 19.3 Å². The molecule has 0 aliphatic heterocycles. The Bertz CT molecular complexity index is 1130. The van der Waals surface area contributed by atoms with Crippen LogP contribution in [0.2, 0.25) is 0 Å². The fourth-order valence-electron chi connectivity index (χ4n) is 6.53. The van der Waals surface area contributed by atoms with Crippen molar-refractivity contribution in [2.24, 2.45) is 0 Å². The van der Waals surface area contributed by atoms with E-state index in [1.165, 1.54) is 77.0 Å². The van der Waals surface area contributed by atoms with Crippen molar-refractivity contribution in [1.82, 2.24) is 0 Å². The zero-order valence-corrected chi connectivity index (χ0v) is 38.5. The molecule has 0 fully saturated rings. The van der Waals surface area contributed by atoms with Crippen molar-refractivity contribution >= 4 is 17.9 Å². The minimum Gasteiger partial charge on any atom is -0.462 e. The summed E-state index contributed by atoms with van der Waals surface area (Å²) in [5.41, 5.74) is 0. The van der Waals surface area contributed by atoms with Crippen LogP contribution in [-0.4, -0.2) is 37.2 Å². The van der Waals surface area contributed by atoms with Crippen LogP contribution >= 0.6 is 0 Å². The zero-order valence-electron chi connectivity index (χ0n) is 38.5. The molecule has 0 aromatic carbocycles. The number of hydrogen-bond donors (Lipinski definition) is 0. The minimum absolute atomic E-state index is 0.0896. The van der Waals surface area contributed by atoms with Gasteiger partial charge in [0.25, 0.3) is 0 Å². The minimum atomic E-state index is -0.788. The molecule has 0 saturated carbocycles. The van der Waals surface area contributed by atoms with Crippen molar-refractivity contribution in [2.45, 2.75) is 232 Å². The van der Waals surface area contributed by atoms with Gasteiger partial charge in [-0.05, 0) is 83.5 Å². The predicted molar refractivity (Wildman–Crippen MR) is 251 cm³/mol. The molecular formula is C53H90O6. The average molecular weight is 823 g/mol. The normalized spacial score (nSPS) is 12.7. The van der Waals surface area contributed by atoms with E-state index in [1.54, 1.807) is 0 Å². The fraction of sp³-hybridized carbons (Fsp3) is 0.717. The lowest BCUT2D eigenvalue weighted by Gasteiger charge is -2.18. The number of hydrogen-bond acceptors (Lipinski definition) is 6. The molecule has 0 amide bonds. The van der Waals surface area contributed by atoms with E-state index < -0.39 is 6.10 Å². The maximum absolute atomic E-state index is 12.7. The zero-order chi connectivity index (χ0) is 43.0. The van der Waals surface area contributed by atoms with E-state index in [0.717, 1.165) is 109 Å². The lowest BCUT2D eigenvalue weighted by Crippen LogP contribution is -2.30. The van der Waals surface area contributed by atoms with Crippen molar-refractivity contribution in [3.8, 4) is 0 Å². The van der Waals surface area contributed by atoms with Crippen LogP contribution in [-0.2, 0) is 28.6 Å². The van der Waals surface area contributed by atoms with Gasteiger partial charge in [0.05, 0.1) is 0 Å². The van der Waals surface area contributed by atoms with E-state index >= 15 is 0 Å². The molecule has 1 unspecified atom stereocenters. The first-order chi connectivity index (χ1) is 29.0. The third kappa shape index (κ3) is 45.8. The second-order valence-electron chi connectivity index (χ2n) is 16.0. The highest BCUT2D eigenvalue weighted by Gasteiger charge is 2.19. The second kappa shape index (κ2) is 47.5. The summed E-state index contributed by atoms with van der Waals surface area (Å²) in [7, 11) is 0. The first-order valence-corrected chi connectivity index (χ1v) is 24.4. The quantitative estimate of drug-likeness (QED) is 0.0264. The Hall–Kier alpha value is -3.15. The highest BCUT2D eigenvalue weighted by atomic mass is 16.6. The van der Waals surface area contributed by atoms with Gasteiger partial charge in [-0.1, -0.05) is 196 Å². The SMILES string of the molecule is CC/C=C\C/C=C\C/C=C\C/C=C\C/C=C\CCCCCC(=O)OCC(COC(=O)CCCCCCC/C=C\CCC)OC(=O)CCCCCCCCCCCCCC. The largest absolute Gasteiger partial charge is 0.462 e. The summed E-state index contributed by atoms with van der Waals surface area (Å²) in [6.45, 7) is 6.41. The molecule has 0 radical (unpaired) electrons. The van der Waals surface area contributed by atoms with Crippen LogP contribution < -0.4 is 0 Å². The van der Waals surface area contributed by atoms with Crippen LogP contribution in [0, 0.1) is 0 Å². The third-order valence-electron chi connectivity index (χ3n) is 10.2. The number of carbonyl (C=O) groups is 3. The first-order valence-electron chi connectivity index (χ1n) is 24.4. The maximum atomic E-state index is 12.7. The molecule has 0 aromatic rings. The Morgan fingerprint density at radius 1 is 0.356 bits per heavy atom. The maximum Gasteiger partial charge on any atom is 0.306 e. The summed E-state index contributed by atoms with van der Waals surface area (Å²) in [6, 6.07) is 0. The van der Waals surface area contributed by atoms with Gasteiger partial charge in [-0.2, -0.15) is 0 Å². The smallest absolute Gasteiger partial charge is 0.306 e. The number of ether oxygens (including phenoxy) is 3. The van der Waals surface area contributed by atoms with Gasteiger partial charge in [0.1, 0.15) is 13.2 Å². The van der Waals surface area contributed by atoms with Gasteiger partial charge < -0.3 is 14.2 Å². The van der Waals surface area contributed by atoms with Gasteiger partial charge >= 0.3 is 17.9 Å². The summed E-state index contributed by atoms with van der Waals surface area (Å²) < 4.78 is 16.7. The van der Waals surface area contributed by atoms with Crippen LogP contribution in [0.25, 0.3) is 0 Å². The molecule has 0 saturated heterocycles. The predicted octanol–water partition coefficient (Wildman–Crippen LogP) is 15.9. The molecule has 0 spiro atoms. The monoisotopic (exact) mass is 823 g/mol. The Morgan fingerprint density at radius 3 is 1.14 bits per heavy atom. The summed E-state index contributed by atoms with van der Waals surface area (Å²) in [5.74, 6) is -0.934. The molecule has 59 heavy (non-hydrogen) atoms. The van der Waals surface area contributed by atoms with Gasteiger partial charge in [-0.25, -0.2) is 0 Å². The molecule has 0 aromatic heterocycles. The molecule has 1 atom stereocenters. The number of unbranched alkanes of at least 4 members (excludes halogenated alkanes) is 20. The van der Waals surface area contributed by atoms with E-state index in [1.807, 2.05) is 0 Å². The van der Waals surface area contributed by atoms with E-state index in [-0.39, 0.29) is 31.1 Å². The molecule has 0 N–H and O–H groups in total. The summed E-state index contributed by atoms with van der Waals surface area (Å²) in [6.07, 6.45) is 58.8. The topological polar surface area (TPSA) is 78.9 Å². The van der Waals surface area contributed by atoms with Crippen molar-refractivity contribution in [3.63, 3.8) is 0 Å². The molecule has 338 valence electrons. The van der Waals surface area contributed by atoms with Crippen LogP contribution in [0.3, 0.4) is 0 Å². The lowest BCUT2D eigenvalue weighted by molar-refractivity contribution is -0.167. The van der Waals surface area contributed by atoms with Crippen molar-refractivity contribution in [2.75, 3.05) is 13.2 Å². The second-order valence-corrected chi connectivity index (χ2v) is 16.0. The fourth-order valence-corrected chi connectivity index (χ4v) is 6.53. The van der Waals surface area contributed by atoms with Crippen molar-refractivity contribution < 1.29 is 28.6 Å². The number of esters is 3. The van der Waals surface area contributed by atoms with Crippen LogP contribution in [0.5, 0.6) is 0 Å². The Morgan fingerprint density at radius 2 is 0.695 bits per heavy atom. The van der Waals surface area contributed by atoms with Crippen LogP contribution in [0.15, 0.2) is 72.9 Å². The molecule has 0 heterocycles. The van der Waals surface area contributed by atoms with Gasteiger partial charge in [0.15, 0.2) is 6.10 Å². The number of carbonyl (C=O) groups excluding carboxylic acids is 3. The van der Waals surface area contributed by atoms with Gasteiger partial charge in [-0.3, -0.25) is 14.4 Å². The van der Waals surface area contributed by atoms with Crippen LogP contribution in [0.1, 0.15) is 226 Å². The standard InChI is InChI=1S/C53H90O6/c1-4-7-10-13-16-19-22-24-25-26-27-28-29-30-32-34-37-40-43-46-52(55)58-49-50(48-57-51(54)45-42-39-36-33-21-18-15-12-9-6-3)59-53(56)47-44-41-38-35-31-23-20-17-14-11-8-5-2/h7,10,12,15-16,19,24-25,27-28,30,32,50H,4-6,8-9,11,13-14,17-18,20-23,26,29,31,33-49H2,1-3H3/b10-7-,15-12-,19-16-,25-24-,28-27-,32-30-. The van der Waals surface area contributed by atoms with Gasteiger partial charge in [0.2, 0.25) is 0 Å². The highest BCUT2D eigenvalue weighted by molar-refractivity contribution is 5.71. The Labute approximate surface area is 363 Å². The van der Waals surface area contributed by atoms with Crippen molar-refractivity contribution in [1.29, 1.82) is 0 Å². The number of rotatable bonds is 43. The summed E-state index contributed by atoms with van der Waals surface area (Å²) >= 11 is 0. The van der Waals surface area contributed by atoms with Gasteiger partial charge in [-0.15, -0.1) is 0 Å². The molecule has 0 aliphatic carbocycles. The summed E-state index contributed by atoms with van der Waals surface area (Å²) in [4.78, 5) is 37.8. The molecule has 6 nitrogen and oxygen atoms in total. The first kappa shape index (κ1) is 55.9. The number of allylic oxidation sites excluding steroid dienone is 12. The molecular weight excluding hydrogens is 733 g/mol. The molecule has 0 rings (SSSR count). The Balaban J connectivity index is 4.40. The van der Waals surface area contributed by atoms with E-state index in [2.05, 4.69) is 93.7 Å². The highest BCUT2D eigenvalue weighted by Crippen LogP contribution is 2.14. The lowest BCUT2D eigenvalue weighted by atomic mass is 10.0. The average Bonchev–Trinajstić information content (AvgIpc) is 3.23. The van der Waals surface area contributed by atoms with E-state index in [0.29, 0.717) is 19.3 Å². The molecule has 0 aliphatic rings. The summed E-state index contributed by atoms with van der Waals surface area (Å²) in [5, 5.41) is 0. The Kier molecular flexibility index (Phi) is 45.0. The van der Waals surface area contributed by atoms with Crippen molar-refractivity contribution in [3.05, 3.63) is 72.9 Å². The van der Waals surface area contributed by atoms with Crippen LogP contribution in [0.4, 0.5) is 0 Å². The van der Waals surface area contributed by atoms with E-state index in [9.17, 15) is 14.4 Å². The molecule has 0 bridgehead atoms. The van der Waals surface area contributed by atoms with E-state index in [4.69, 9.17) is 14.2 Å². The molecule has 6 heteroatoms. The third-order valence-corrected chi connectivity index (χ3v) is 10.2.